The molecule has 4 rings (SSSR count). The molecule has 0 aliphatic carbocycles. The second-order valence-corrected chi connectivity index (χ2v) is 6.89. The highest BCUT2D eigenvalue weighted by atomic mass is 19.4. The zero-order valence-corrected chi connectivity index (χ0v) is 16.1. The summed E-state index contributed by atoms with van der Waals surface area (Å²) in [4.78, 5) is 24.0. The van der Waals surface area contributed by atoms with Crippen LogP contribution in [0.5, 0.6) is 0 Å². The Balaban J connectivity index is 0.000000339. The summed E-state index contributed by atoms with van der Waals surface area (Å²) in [5.74, 6) is -2.42. The normalized spacial score (nSPS) is 14.5. The Bertz CT molecular complexity index is 1170. The molecular formula is C20H18F3N5O3. The standard InChI is InChI=1S/C18H17N5O.C2HF3O2/c19-10-12-1-3-13(4-2-12)15-11-21-23-16(9-17(24)22-18(15)23)14-5-7-20-8-6-14;3-2(4,5)1(6)7/h1-4,9,11,14,20H,5-8H2,(H,22,24);(H,6,7). The number of rotatable bonds is 2. The lowest BCUT2D eigenvalue weighted by atomic mass is 9.94. The van der Waals surface area contributed by atoms with E-state index in [1.54, 1.807) is 24.4 Å². The number of fused-ring (bicyclic) bond motifs is 1. The van der Waals surface area contributed by atoms with E-state index in [0.717, 1.165) is 42.8 Å². The quantitative estimate of drug-likeness (QED) is 0.571. The van der Waals surface area contributed by atoms with E-state index in [1.165, 1.54) is 0 Å². The van der Waals surface area contributed by atoms with Gasteiger partial charge in [-0.25, -0.2) is 9.31 Å². The van der Waals surface area contributed by atoms with Gasteiger partial charge in [-0.1, -0.05) is 12.1 Å². The van der Waals surface area contributed by atoms with Crippen molar-refractivity contribution in [2.24, 2.45) is 0 Å². The van der Waals surface area contributed by atoms with Crippen LogP contribution < -0.4 is 10.9 Å². The molecule has 1 aliphatic heterocycles. The second-order valence-electron chi connectivity index (χ2n) is 6.89. The van der Waals surface area contributed by atoms with Crippen molar-refractivity contribution in [3.05, 3.63) is 58.1 Å². The summed E-state index contributed by atoms with van der Waals surface area (Å²) in [6, 6.07) is 11.1. The van der Waals surface area contributed by atoms with Gasteiger partial charge in [0, 0.05) is 17.5 Å². The Hall–Kier alpha value is -3.65. The van der Waals surface area contributed by atoms with Gasteiger partial charge in [0.15, 0.2) is 0 Å². The van der Waals surface area contributed by atoms with Crippen LogP contribution in [0, 0.1) is 11.3 Å². The molecule has 0 unspecified atom stereocenters. The van der Waals surface area contributed by atoms with Gasteiger partial charge in [0.1, 0.15) is 5.65 Å². The molecule has 3 heterocycles. The van der Waals surface area contributed by atoms with Gasteiger partial charge in [0.25, 0.3) is 5.56 Å². The van der Waals surface area contributed by atoms with Crippen molar-refractivity contribution in [1.29, 1.82) is 5.26 Å². The maximum atomic E-state index is 12.2. The zero-order chi connectivity index (χ0) is 22.6. The van der Waals surface area contributed by atoms with Crippen molar-refractivity contribution in [2.75, 3.05) is 13.1 Å². The number of carbonyl (C=O) groups is 1. The number of aromatic nitrogens is 3. The summed E-state index contributed by atoms with van der Waals surface area (Å²) in [7, 11) is 0. The number of halogens is 3. The Kier molecular flexibility index (Phi) is 6.41. The minimum absolute atomic E-state index is 0.105. The van der Waals surface area contributed by atoms with Gasteiger partial charge >= 0.3 is 12.1 Å². The molecule has 2 aromatic heterocycles. The number of nitriles is 1. The third-order valence-corrected chi connectivity index (χ3v) is 4.86. The van der Waals surface area contributed by atoms with Gasteiger partial charge in [0.05, 0.1) is 23.5 Å². The van der Waals surface area contributed by atoms with Crippen LogP contribution in [0.1, 0.15) is 30.0 Å². The van der Waals surface area contributed by atoms with Gasteiger partial charge < -0.3 is 15.4 Å². The van der Waals surface area contributed by atoms with Crippen molar-refractivity contribution in [3.63, 3.8) is 0 Å². The van der Waals surface area contributed by atoms with Crippen LogP contribution in [0.3, 0.4) is 0 Å². The van der Waals surface area contributed by atoms with Crippen molar-refractivity contribution in [3.8, 4) is 17.2 Å². The van der Waals surface area contributed by atoms with Crippen LogP contribution in [0.4, 0.5) is 13.2 Å². The fourth-order valence-corrected chi connectivity index (χ4v) is 3.36. The van der Waals surface area contributed by atoms with Gasteiger partial charge in [-0.15, -0.1) is 0 Å². The molecule has 8 nitrogen and oxygen atoms in total. The third kappa shape index (κ3) is 5.10. The molecule has 0 saturated carbocycles. The van der Waals surface area contributed by atoms with E-state index in [1.807, 2.05) is 16.6 Å². The van der Waals surface area contributed by atoms with Crippen LogP contribution in [0.15, 0.2) is 41.3 Å². The maximum absolute atomic E-state index is 12.2. The summed E-state index contributed by atoms with van der Waals surface area (Å²) in [6.07, 6.45) is -1.30. The number of aromatic amines is 1. The minimum Gasteiger partial charge on any atom is -0.475 e. The molecule has 0 amide bonds. The number of piperidine rings is 1. The van der Waals surface area contributed by atoms with Gasteiger partial charge in [0.2, 0.25) is 0 Å². The summed E-state index contributed by atoms with van der Waals surface area (Å²) in [5.41, 5.74) is 3.98. The molecule has 0 bridgehead atoms. The van der Waals surface area contributed by atoms with Gasteiger partial charge in [-0.05, 0) is 43.6 Å². The Morgan fingerprint density at radius 2 is 1.84 bits per heavy atom. The summed E-state index contributed by atoms with van der Waals surface area (Å²) >= 11 is 0. The van der Waals surface area contributed by atoms with Gasteiger partial charge in [-0.2, -0.15) is 23.5 Å². The monoisotopic (exact) mass is 433 g/mol. The number of hydrogen-bond acceptors (Lipinski definition) is 5. The summed E-state index contributed by atoms with van der Waals surface area (Å²) in [6.45, 7) is 1.92. The van der Waals surface area contributed by atoms with E-state index >= 15 is 0 Å². The fraction of sp³-hybridized carbons (Fsp3) is 0.300. The fourth-order valence-electron chi connectivity index (χ4n) is 3.36. The molecule has 31 heavy (non-hydrogen) atoms. The van der Waals surface area contributed by atoms with Crippen LogP contribution in [0.25, 0.3) is 16.8 Å². The molecule has 1 saturated heterocycles. The lowest BCUT2D eigenvalue weighted by Gasteiger charge is -2.23. The number of carboxylic acids is 1. The number of aliphatic carboxylic acids is 1. The van der Waals surface area contributed by atoms with E-state index in [2.05, 4.69) is 21.5 Å². The molecule has 3 N–H and O–H groups in total. The minimum atomic E-state index is -5.08. The zero-order valence-electron chi connectivity index (χ0n) is 16.1. The molecular weight excluding hydrogens is 415 g/mol. The van der Waals surface area contributed by atoms with Crippen molar-refractivity contribution >= 4 is 11.6 Å². The van der Waals surface area contributed by atoms with Crippen LogP contribution in [-0.4, -0.2) is 44.9 Å². The summed E-state index contributed by atoms with van der Waals surface area (Å²) < 4.78 is 33.6. The van der Waals surface area contributed by atoms with E-state index in [-0.39, 0.29) is 5.56 Å². The largest absolute Gasteiger partial charge is 0.490 e. The number of alkyl halides is 3. The highest BCUT2D eigenvalue weighted by Gasteiger charge is 2.38. The highest BCUT2D eigenvalue weighted by Crippen LogP contribution is 2.28. The predicted molar refractivity (Wildman–Crippen MR) is 104 cm³/mol. The molecule has 162 valence electrons. The molecule has 3 aromatic rings. The first kappa shape index (κ1) is 22.0. The number of nitrogens with one attached hydrogen (secondary N) is 2. The highest BCUT2D eigenvalue weighted by molar-refractivity contribution is 5.77. The van der Waals surface area contributed by atoms with Crippen molar-refractivity contribution in [2.45, 2.75) is 24.9 Å². The van der Waals surface area contributed by atoms with Crippen molar-refractivity contribution in [1.82, 2.24) is 19.9 Å². The summed E-state index contributed by atoms with van der Waals surface area (Å²) in [5, 5.41) is 23.9. The smallest absolute Gasteiger partial charge is 0.475 e. The number of benzene rings is 1. The second kappa shape index (κ2) is 9.01. The van der Waals surface area contributed by atoms with Gasteiger partial charge in [-0.3, -0.25) is 4.79 Å². The average Bonchev–Trinajstić information content (AvgIpc) is 3.17. The molecule has 0 radical (unpaired) electrons. The van der Waals surface area contributed by atoms with E-state index in [4.69, 9.17) is 15.2 Å². The number of H-pyrrole nitrogens is 1. The average molecular weight is 433 g/mol. The molecule has 1 aromatic carbocycles. The molecule has 11 heteroatoms. The SMILES string of the molecule is N#Cc1ccc(-c2cnn3c(C4CCNCC4)cc(=O)[nH]c23)cc1.O=C(O)C(F)(F)F. The van der Waals surface area contributed by atoms with Crippen molar-refractivity contribution < 1.29 is 23.1 Å². The Morgan fingerprint density at radius 1 is 1.23 bits per heavy atom. The van der Waals surface area contributed by atoms with Crippen LogP contribution >= 0.6 is 0 Å². The Morgan fingerprint density at radius 3 is 2.39 bits per heavy atom. The lowest BCUT2D eigenvalue weighted by molar-refractivity contribution is -0.192. The van der Waals surface area contributed by atoms with E-state index < -0.39 is 12.1 Å². The molecule has 0 atom stereocenters. The molecule has 1 fully saturated rings. The first-order valence-corrected chi connectivity index (χ1v) is 9.33. The van der Waals surface area contributed by atoms with Crippen LogP contribution in [-0.2, 0) is 4.79 Å². The number of carboxylic acid groups (broad SMARTS) is 1. The van der Waals surface area contributed by atoms with E-state index in [0.29, 0.717) is 17.1 Å². The topological polar surface area (TPSA) is 123 Å². The first-order chi connectivity index (χ1) is 14.7. The number of hydrogen-bond donors (Lipinski definition) is 3. The molecule has 1 aliphatic rings. The first-order valence-electron chi connectivity index (χ1n) is 9.33. The van der Waals surface area contributed by atoms with Crippen LogP contribution in [0.2, 0.25) is 0 Å². The van der Waals surface area contributed by atoms with E-state index in [9.17, 15) is 18.0 Å². The molecule has 0 spiro atoms. The Labute approximate surface area is 173 Å². The lowest BCUT2D eigenvalue weighted by Crippen LogP contribution is -2.28. The predicted octanol–water partition coefficient (Wildman–Crippen LogP) is 2.66. The number of nitrogens with zero attached hydrogens (tertiary/aromatic N) is 3. The maximum Gasteiger partial charge on any atom is 0.490 e. The third-order valence-electron chi connectivity index (χ3n) is 4.86.